The van der Waals surface area contributed by atoms with Crippen molar-refractivity contribution in [2.24, 2.45) is 0 Å². The van der Waals surface area contributed by atoms with Crippen LogP contribution in [-0.2, 0) is 4.74 Å². The van der Waals surface area contributed by atoms with Crippen molar-refractivity contribution in [1.29, 1.82) is 0 Å². The number of rotatable bonds is 1. The predicted octanol–water partition coefficient (Wildman–Crippen LogP) is 2.64. The second kappa shape index (κ2) is 5.01. The summed E-state index contributed by atoms with van der Waals surface area (Å²) in [7, 11) is 0. The van der Waals surface area contributed by atoms with Gasteiger partial charge in [-0.25, -0.2) is 9.18 Å². The summed E-state index contributed by atoms with van der Waals surface area (Å²) in [4.78, 5) is 12.1. The molecule has 0 spiro atoms. The number of ether oxygens (including phenoxy) is 1. The largest absolute Gasteiger partial charge is 0.465 e. The topological polar surface area (TPSA) is 49.8 Å². The number of carboxylic acid groups (broad SMARTS) is 1. The number of benzene rings is 1. The van der Waals surface area contributed by atoms with Crippen LogP contribution in [0.1, 0.15) is 11.7 Å². The molecule has 92 valence electrons. The number of hydrogen-bond acceptors (Lipinski definition) is 2. The number of halogens is 2. The number of morpholine rings is 1. The molecule has 1 aromatic rings. The zero-order chi connectivity index (χ0) is 12.4. The summed E-state index contributed by atoms with van der Waals surface area (Å²) in [5, 5.41) is 8.89. The first-order valence-corrected chi connectivity index (χ1v) is 5.91. The molecule has 1 N–H and O–H groups in total. The number of carbonyl (C=O) groups is 1. The van der Waals surface area contributed by atoms with Gasteiger partial charge in [-0.2, -0.15) is 0 Å². The van der Waals surface area contributed by atoms with E-state index >= 15 is 0 Å². The Morgan fingerprint density at radius 1 is 1.59 bits per heavy atom. The Morgan fingerprint density at radius 2 is 2.35 bits per heavy atom. The molecule has 0 aliphatic carbocycles. The van der Waals surface area contributed by atoms with E-state index < -0.39 is 18.0 Å². The van der Waals surface area contributed by atoms with E-state index in [2.05, 4.69) is 15.9 Å². The maximum Gasteiger partial charge on any atom is 0.407 e. The third-order valence-corrected chi connectivity index (χ3v) is 3.14. The van der Waals surface area contributed by atoms with Crippen molar-refractivity contribution in [2.75, 3.05) is 19.7 Å². The van der Waals surface area contributed by atoms with Crippen LogP contribution in [0.15, 0.2) is 22.7 Å². The molecule has 1 atom stereocenters. The summed E-state index contributed by atoms with van der Waals surface area (Å²) in [6.07, 6.45) is -1.54. The predicted molar refractivity (Wildman–Crippen MR) is 62.4 cm³/mol. The highest BCUT2D eigenvalue weighted by Gasteiger charge is 2.26. The van der Waals surface area contributed by atoms with Crippen molar-refractivity contribution in [3.63, 3.8) is 0 Å². The molecular weight excluding hydrogens is 293 g/mol. The van der Waals surface area contributed by atoms with Crippen LogP contribution in [0.25, 0.3) is 0 Å². The van der Waals surface area contributed by atoms with Crippen LogP contribution < -0.4 is 0 Å². The lowest BCUT2D eigenvalue weighted by atomic mass is 10.1. The fraction of sp³-hybridized carbons (Fsp3) is 0.364. The molecule has 1 fully saturated rings. The summed E-state index contributed by atoms with van der Waals surface area (Å²) >= 11 is 3.17. The fourth-order valence-electron chi connectivity index (χ4n) is 1.77. The molecular formula is C11H11BrFNO3. The van der Waals surface area contributed by atoms with Crippen LogP contribution in [0.3, 0.4) is 0 Å². The molecule has 1 saturated heterocycles. The zero-order valence-corrected chi connectivity index (χ0v) is 10.5. The average molecular weight is 304 g/mol. The SMILES string of the molecule is O=C(O)N1CCOC(c2ccc(Br)cc2F)C1. The average Bonchev–Trinajstić information content (AvgIpc) is 2.29. The van der Waals surface area contributed by atoms with Crippen molar-refractivity contribution in [1.82, 2.24) is 4.90 Å². The Labute approximate surface area is 106 Å². The number of amides is 1. The molecule has 0 bridgehead atoms. The first kappa shape index (κ1) is 12.3. The van der Waals surface area contributed by atoms with E-state index in [1.807, 2.05) is 0 Å². The molecule has 6 heteroatoms. The molecule has 0 saturated carbocycles. The first-order valence-electron chi connectivity index (χ1n) is 5.12. The summed E-state index contributed by atoms with van der Waals surface area (Å²) in [6.45, 7) is 0.768. The minimum Gasteiger partial charge on any atom is -0.465 e. The highest BCUT2D eigenvalue weighted by molar-refractivity contribution is 9.10. The van der Waals surface area contributed by atoms with Gasteiger partial charge in [-0.1, -0.05) is 22.0 Å². The smallest absolute Gasteiger partial charge is 0.407 e. The minimum atomic E-state index is -1.00. The summed E-state index contributed by atoms with van der Waals surface area (Å²) in [6, 6.07) is 4.66. The minimum absolute atomic E-state index is 0.161. The fourth-order valence-corrected chi connectivity index (χ4v) is 2.11. The van der Waals surface area contributed by atoms with Crippen molar-refractivity contribution in [2.45, 2.75) is 6.10 Å². The highest BCUT2D eigenvalue weighted by atomic mass is 79.9. The zero-order valence-electron chi connectivity index (χ0n) is 8.90. The van der Waals surface area contributed by atoms with Crippen LogP contribution in [0.5, 0.6) is 0 Å². The Hall–Kier alpha value is -1.14. The Morgan fingerprint density at radius 3 is 3.00 bits per heavy atom. The quantitative estimate of drug-likeness (QED) is 0.867. The molecule has 4 nitrogen and oxygen atoms in total. The van der Waals surface area contributed by atoms with Gasteiger partial charge >= 0.3 is 6.09 Å². The summed E-state index contributed by atoms with van der Waals surface area (Å²) < 4.78 is 19.7. The van der Waals surface area contributed by atoms with Crippen LogP contribution in [0, 0.1) is 5.82 Å². The standard InChI is InChI=1S/C11H11BrFNO3/c12-7-1-2-8(9(13)5-7)10-6-14(11(15)16)3-4-17-10/h1-2,5,10H,3-4,6H2,(H,15,16). The maximum absolute atomic E-state index is 13.7. The monoisotopic (exact) mass is 303 g/mol. The van der Waals surface area contributed by atoms with Crippen LogP contribution >= 0.6 is 15.9 Å². The van der Waals surface area contributed by atoms with E-state index in [9.17, 15) is 9.18 Å². The normalized spacial score (nSPS) is 20.4. The van der Waals surface area contributed by atoms with Gasteiger partial charge in [-0.3, -0.25) is 0 Å². The van der Waals surface area contributed by atoms with Gasteiger partial charge in [-0.05, 0) is 12.1 Å². The van der Waals surface area contributed by atoms with Gasteiger partial charge in [0, 0.05) is 16.6 Å². The highest BCUT2D eigenvalue weighted by Crippen LogP contribution is 2.26. The molecule has 0 radical (unpaired) electrons. The van der Waals surface area contributed by atoms with E-state index in [-0.39, 0.29) is 13.2 Å². The summed E-state index contributed by atoms with van der Waals surface area (Å²) in [5.41, 5.74) is 0.388. The molecule has 1 aromatic carbocycles. The third kappa shape index (κ3) is 2.76. The lowest BCUT2D eigenvalue weighted by Crippen LogP contribution is -2.41. The summed E-state index contributed by atoms with van der Waals surface area (Å²) in [5.74, 6) is -0.392. The second-order valence-corrected chi connectivity index (χ2v) is 4.67. The van der Waals surface area contributed by atoms with E-state index in [0.717, 1.165) is 0 Å². The molecule has 1 heterocycles. The maximum atomic E-state index is 13.7. The van der Waals surface area contributed by atoms with Crippen molar-refractivity contribution < 1.29 is 19.0 Å². The van der Waals surface area contributed by atoms with Gasteiger partial charge in [0.1, 0.15) is 11.9 Å². The number of nitrogens with zero attached hydrogens (tertiary/aromatic N) is 1. The van der Waals surface area contributed by atoms with Gasteiger partial charge in [0.15, 0.2) is 0 Å². The van der Waals surface area contributed by atoms with Crippen LogP contribution in [0.2, 0.25) is 0 Å². The number of hydrogen-bond donors (Lipinski definition) is 1. The van der Waals surface area contributed by atoms with Gasteiger partial charge in [0.2, 0.25) is 0 Å². The molecule has 1 aliphatic rings. The van der Waals surface area contributed by atoms with Gasteiger partial charge in [0.25, 0.3) is 0 Å². The van der Waals surface area contributed by atoms with E-state index in [4.69, 9.17) is 9.84 Å². The van der Waals surface area contributed by atoms with Gasteiger partial charge < -0.3 is 14.7 Å². The van der Waals surface area contributed by atoms with E-state index in [1.165, 1.54) is 11.0 Å². The molecule has 2 rings (SSSR count). The molecule has 1 aliphatic heterocycles. The van der Waals surface area contributed by atoms with Gasteiger partial charge in [-0.15, -0.1) is 0 Å². The lowest BCUT2D eigenvalue weighted by molar-refractivity contribution is -0.0247. The molecule has 1 amide bonds. The Kier molecular flexibility index (Phi) is 3.63. The second-order valence-electron chi connectivity index (χ2n) is 3.75. The van der Waals surface area contributed by atoms with Crippen molar-refractivity contribution in [3.05, 3.63) is 34.1 Å². The van der Waals surface area contributed by atoms with Crippen molar-refractivity contribution >= 4 is 22.0 Å². The first-order chi connectivity index (χ1) is 8.08. The van der Waals surface area contributed by atoms with Crippen LogP contribution in [0.4, 0.5) is 9.18 Å². The van der Waals surface area contributed by atoms with Crippen molar-refractivity contribution in [3.8, 4) is 0 Å². The Bertz CT molecular complexity index is 441. The van der Waals surface area contributed by atoms with Gasteiger partial charge in [0.05, 0.1) is 13.2 Å². The molecule has 0 aromatic heterocycles. The third-order valence-electron chi connectivity index (χ3n) is 2.65. The molecule has 1 unspecified atom stereocenters. The molecule has 17 heavy (non-hydrogen) atoms. The lowest BCUT2D eigenvalue weighted by Gasteiger charge is -2.31. The Balaban J connectivity index is 2.19. The van der Waals surface area contributed by atoms with E-state index in [0.29, 0.717) is 16.6 Å². The van der Waals surface area contributed by atoms with Crippen LogP contribution in [-0.4, -0.2) is 35.8 Å². The van der Waals surface area contributed by atoms with E-state index in [1.54, 1.807) is 12.1 Å².